The first-order valence-corrected chi connectivity index (χ1v) is 3.64. The summed E-state index contributed by atoms with van der Waals surface area (Å²) in [4.78, 5) is -2.15. The van der Waals surface area contributed by atoms with Crippen molar-refractivity contribution >= 4 is 34.3 Å². The highest BCUT2D eigenvalue weighted by Crippen LogP contribution is 2.28. The van der Waals surface area contributed by atoms with Gasteiger partial charge in [0, 0.05) is 0 Å². The van der Waals surface area contributed by atoms with E-state index in [4.69, 9.17) is 4.55 Å². The van der Waals surface area contributed by atoms with Crippen molar-refractivity contribution in [2.75, 3.05) is 0 Å². The summed E-state index contributed by atoms with van der Waals surface area (Å²) in [6.45, 7) is 0. The van der Waals surface area contributed by atoms with E-state index in [0.29, 0.717) is 0 Å². The molecule has 0 radical (unpaired) electrons. The Balaban J connectivity index is 4.19. The van der Waals surface area contributed by atoms with Crippen molar-refractivity contribution in [3.63, 3.8) is 0 Å². The zero-order valence-electron chi connectivity index (χ0n) is 3.85. The highest BCUT2D eigenvalue weighted by atomic mass is 35.5. The van der Waals surface area contributed by atoms with Gasteiger partial charge in [-0.3, -0.25) is 0 Å². The van der Waals surface area contributed by atoms with Crippen LogP contribution in [0.2, 0.25) is 0 Å². The molecule has 7 heteroatoms. The quantitative estimate of drug-likeness (QED) is 0.541. The molecule has 0 aliphatic rings. The maximum absolute atomic E-state index is 11.9. The molecule has 0 aromatic rings. The van der Waals surface area contributed by atoms with Crippen LogP contribution < -0.4 is 0 Å². The van der Waals surface area contributed by atoms with Crippen LogP contribution in [0, 0.1) is 0 Å². The van der Waals surface area contributed by atoms with E-state index in [1.807, 2.05) is 0 Å². The van der Waals surface area contributed by atoms with Crippen molar-refractivity contribution in [1.82, 2.24) is 0 Å². The second kappa shape index (κ2) is 3.09. The van der Waals surface area contributed by atoms with E-state index < -0.39 is 21.2 Å². The topological polar surface area (TPSA) is 37.3 Å². The van der Waals surface area contributed by atoms with Crippen molar-refractivity contribution in [1.29, 1.82) is 0 Å². The maximum atomic E-state index is 11.9. The lowest BCUT2D eigenvalue weighted by Gasteiger charge is -2.10. The Hall–Kier alpha value is 0.550. The van der Waals surface area contributed by atoms with Crippen LogP contribution in [0.1, 0.15) is 0 Å². The van der Waals surface area contributed by atoms with E-state index in [9.17, 15) is 13.0 Å². The molecule has 0 spiro atoms. The summed E-state index contributed by atoms with van der Waals surface area (Å²) < 4.78 is 41.2. The number of rotatable bonds is 2. The monoisotopic (exact) mass is 198 g/mol. The molecule has 1 N–H and O–H groups in total. The SMILES string of the molecule is O=S(O)C(F)(F)C(Cl)Cl. The largest absolute Gasteiger partial charge is 0.374 e. The minimum Gasteiger partial charge on any atom is -0.301 e. The van der Waals surface area contributed by atoms with Gasteiger partial charge >= 0.3 is 5.25 Å². The second-order valence-corrected chi connectivity index (χ2v) is 3.25. The standard InChI is InChI=1S/C2H2Cl2F2O2S/c3-1(4)2(5,6)9(7)8/h1H,(H,7,8). The lowest BCUT2D eigenvalue weighted by atomic mass is 10.8. The number of halogens is 4. The van der Waals surface area contributed by atoms with Gasteiger partial charge in [0.25, 0.3) is 0 Å². The molecule has 1 atom stereocenters. The molecule has 56 valence electrons. The minimum absolute atomic E-state index is 2.15. The van der Waals surface area contributed by atoms with Gasteiger partial charge in [-0.1, -0.05) is 23.2 Å². The van der Waals surface area contributed by atoms with Gasteiger partial charge < -0.3 is 4.55 Å². The zero-order chi connectivity index (χ0) is 7.65. The molecule has 0 aromatic carbocycles. The summed E-state index contributed by atoms with van der Waals surface area (Å²) >= 11 is 5.95. The molecule has 0 fully saturated rings. The minimum atomic E-state index is -3.94. The Morgan fingerprint density at radius 1 is 1.56 bits per heavy atom. The summed E-state index contributed by atoms with van der Waals surface area (Å²) in [6, 6.07) is 0. The molecule has 0 heterocycles. The predicted octanol–water partition coefficient (Wildman–Crippen LogP) is 1.60. The molecule has 0 aliphatic heterocycles. The molecular weight excluding hydrogens is 197 g/mol. The van der Waals surface area contributed by atoms with Crippen LogP contribution in [0.5, 0.6) is 0 Å². The van der Waals surface area contributed by atoms with Crippen LogP contribution in [0.4, 0.5) is 8.78 Å². The normalized spacial score (nSPS) is 16.2. The third-order valence-corrected chi connectivity index (χ3v) is 2.00. The average molecular weight is 199 g/mol. The predicted molar refractivity (Wildman–Crippen MR) is 31.2 cm³/mol. The molecule has 0 rings (SSSR count). The van der Waals surface area contributed by atoms with Gasteiger partial charge in [-0.25, -0.2) is 4.21 Å². The van der Waals surface area contributed by atoms with Crippen LogP contribution in [0.25, 0.3) is 0 Å². The van der Waals surface area contributed by atoms with E-state index in [1.165, 1.54) is 0 Å². The zero-order valence-corrected chi connectivity index (χ0v) is 6.18. The fourth-order valence-corrected chi connectivity index (χ4v) is 0.686. The lowest BCUT2D eigenvalue weighted by molar-refractivity contribution is 0.105. The molecule has 0 saturated heterocycles. The lowest BCUT2D eigenvalue weighted by Crippen LogP contribution is -2.29. The van der Waals surface area contributed by atoms with Gasteiger partial charge in [-0.05, 0) is 0 Å². The van der Waals surface area contributed by atoms with Gasteiger partial charge in [0.1, 0.15) is 0 Å². The Morgan fingerprint density at radius 3 is 1.89 bits per heavy atom. The first kappa shape index (κ1) is 9.55. The highest BCUT2D eigenvalue weighted by molar-refractivity contribution is 7.80. The number of alkyl halides is 4. The molecular formula is C2H2Cl2F2O2S. The Kier molecular flexibility index (Phi) is 3.28. The number of hydrogen-bond donors (Lipinski definition) is 1. The van der Waals surface area contributed by atoms with Gasteiger partial charge in [0.2, 0.25) is 11.1 Å². The van der Waals surface area contributed by atoms with Crippen LogP contribution in [-0.2, 0) is 11.1 Å². The summed E-state index contributed by atoms with van der Waals surface area (Å²) in [6.07, 6.45) is 0. The Bertz CT molecular complexity index is 128. The molecule has 9 heavy (non-hydrogen) atoms. The van der Waals surface area contributed by atoms with Crippen LogP contribution in [0.15, 0.2) is 0 Å². The second-order valence-electron chi connectivity index (χ2n) is 1.11. The first-order chi connectivity index (χ1) is 3.89. The molecule has 1 unspecified atom stereocenters. The highest BCUT2D eigenvalue weighted by Gasteiger charge is 2.44. The van der Waals surface area contributed by atoms with E-state index in [1.54, 1.807) is 0 Å². The summed E-state index contributed by atoms with van der Waals surface area (Å²) in [5.74, 6) is 0. The van der Waals surface area contributed by atoms with E-state index in [-0.39, 0.29) is 0 Å². The molecule has 0 bridgehead atoms. The third kappa shape index (κ3) is 2.33. The van der Waals surface area contributed by atoms with Crippen molar-refractivity contribution in [2.24, 2.45) is 0 Å². The van der Waals surface area contributed by atoms with E-state index in [2.05, 4.69) is 23.2 Å². The van der Waals surface area contributed by atoms with Crippen LogP contribution >= 0.6 is 23.2 Å². The van der Waals surface area contributed by atoms with Crippen molar-refractivity contribution in [3.05, 3.63) is 0 Å². The van der Waals surface area contributed by atoms with E-state index >= 15 is 0 Å². The summed E-state index contributed by atoms with van der Waals surface area (Å²) in [7, 11) is 0. The van der Waals surface area contributed by atoms with Crippen molar-refractivity contribution in [3.8, 4) is 0 Å². The van der Waals surface area contributed by atoms with Gasteiger partial charge in [-0.15, -0.1) is 0 Å². The molecule has 2 nitrogen and oxygen atoms in total. The van der Waals surface area contributed by atoms with Gasteiger partial charge in [0.05, 0.1) is 0 Å². The van der Waals surface area contributed by atoms with E-state index in [0.717, 1.165) is 0 Å². The molecule has 0 aromatic heterocycles. The van der Waals surface area contributed by atoms with Crippen molar-refractivity contribution < 1.29 is 17.5 Å². The molecule has 0 aliphatic carbocycles. The fourth-order valence-electron chi connectivity index (χ4n) is 0.0762. The first-order valence-electron chi connectivity index (χ1n) is 1.66. The van der Waals surface area contributed by atoms with Gasteiger partial charge in [0.15, 0.2) is 4.84 Å². The van der Waals surface area contributed by atoms with Gasteiger partial charge in [-0.2, -0.15) is 8.78 Å². The maximum Gasteiger partial charge on any atom is 0.374 e. The summed E-state index contributed by atoms with van der Waals surface area (Å²) in [5, 5.41) is -3.94. The third-order valence-electron chi connectivity index (χ3n) is 0.487. The van der Waals surface area contributed by atoms with Crippen molar-refractivity contribution in [2.45, 2.75) is 10.1 Å². The molecule has 0 amide bonds. The smallest absolute Gasteiger partial charge is 0.301 e. The number of hydrogen-bond acceptors (Lipinski definition) is 1. The fraction of sp³-hybridized carbons (Fsp3) is 1.00. The summed E-state index contributed by atoms with van der Waals surface area (Å²) in [5.41, 5.74) is 0. The van der Waals surface area contributed by atoms with Crippen LogP contribution in [0.3, 0.4) is 0 Å². The van der Waals surface area contributed by atoms with Crippen LogP contribution in [-0.4, -0.2) is 18.9 Å². The Labute approximate surface area is 62.4 Å². The average Bonchev–Trinajstić information content (AvgIpc) is 1.65. The Morgan fingerprint density at radius 2 is 1.89 bits per heavy atom. The molecule has 0 saturated carbocycles.